The number of benzene rings is 1. The van der Waals surface area contributed by atoms with Crippen molar-refractivity contribution in [2.24, 2.45) is 0 Å². The number of nitrogens with one attached hydrogen (secondary N) is 1. The van der Waals surface area contributed by atoms with E-state index in [0.717, 1.165) is 25.7 Å². The van der Waals surface area contributed by atoms with Crippen LogP contribution in [-0.4, -0.2) is 24.2 Å². The van der Waals surface area contributed by atoms with Crippen molar-refractivity contribution in [2.45, 2.75) is 25.7 Å². The maximum atomic E-state index is 11.7. The number of carbonyl (C=O) groups is 1. The summed E-state index contributed by atoms with van der Waals surface area (Å²) in [5, 5.41) is 11.9. The van der Waals surface area contributed by atoms with Gasteiger partial charge in [-0.25, -0.2) is 0 Å². The van der Waals surface area contributed by atoms with Gasteiger partial charge in [-0.2, -0.15) is 0 Å². The van der Waals surface area contributed by atoms with Crippen molar-refractivity contribution in [2.75, 3.05) is 13.2 Å². The fourth-order valence-corrected chi connectivity index (χ4v) is 1.75. The summed E-state index contributed by atoms with van der Waals surface area (Å²) in [5.41, 5.74) is 0.518. The lowest BCUT2D eigenvalue weighted by Crippen LogP contribution is -2.24. The Morgan fingerprint density at radius 1 is 1.18 bits per heavy atom. The molecule has 0 spiro atoms. The summed E-state index contributed by atoms with van der Waals surface area (Å²) >= 11 is 5.91. The summed E-state index contributed by atoms with van der Waals surface area (Å²) in [4.78, 5) is 11.7. The summed E-state index contributed by atoms with van der Waals surface area (Å²) in [6, 6.07) is 7.01. The van der Waals surface area contributed by atoms with Crippen LogP contribution in [0.1, 0.15) is 36.0 Å². The molecule has 1 rings (SSSR count). The average Bonchev–Trinajstić information content (AvgIpc) is 2.34. The molecule has 2 N–H and O–H groups in total. The molecule has 0 radical (unpaired) electrons. The molecular formula is C13H18ClNO2. The Labute approximate surface area is 107 Å². The molecule has 0 saturated heterocycles. The van der Waals surface area contributed by atoms with E-state index in [0.29, 0.717) is 17.1 Å². The Hall–Kier alpha value is -1.06. The van der Waals surface area contributed by atoms with Gasteiger partial charge in [0.05, 0.1) is 10.6 Å². The van der Waals surface area contributed by atoms with Crippen LogP contribution in [0.25, 0.3) is 0 Å². The third-order valence-electron chi connectivity index (χ3n) is 2.49. The molecule has 3 nitrogen and oxygen atoms in total. The van der Waals surface area contributed by atoms with Gasteiger partial charge in [-0.05, 0) is 25.0 Å². The lowest BCUT2D eigenvalue weighted by atomic mass is 10.2. The molecule has 0 unspecified atom stereocenters. The van der Waals surface area contributed by atoms with Crippen LogP contribution in [0.5, 0.6) is 0 Å². The van der Waals surface area contributed by atoms with Crippen molar-refractivity contribution in [3.05, 3.63) is 34.9 Å². The van der Waals surface area contributed by atoms with Gasteiger partial charge < -0.3 is 10.4 Å². The maximum Gasteiger partial charge on any atom is 0.252 e. The molecule has 1 aromatic rings. The van der Waals surface area contributed by atoms with E-state index in [4.69, 9.17) is 16.7 Å². The summed E-state index contributed by atoms with van der Waals surface area (Å²) in [7, 11) is 0. The molecule has 0 atom stereocenters. The number of carbonyl (C=O) groups excluding carboxylic acids is 1. The predicted molar refractivity (Wildman–Crippen MR) is 69.3 cm³/mol. The van der Waals surface area contributed by atoms with E-state index in [1.807, 2.05) is 0 Å². The quantitative estimate of drug-likeness (QED) is 0.736. The van der Waals surface area contributed by atoms with E-state index in [1.165, 1.54) is 0 Å². The third kappa shape index (κ3) is 5.20. The summed E-state index contributed by atoms with van der Waals surface area (Å²) in [6.07, 6.45) is 3.77. The molecule has 0 bridgehead atoms. The Kier molecular flexibility index (Phi) is 6.67. The molecule has 0 saturated carbocycles. The van der Waals surface area contributed by atoms with Crippen molar-refractivity contribution in [1.82, 2.24) is 5.32 Å². The monoisotopic (exact) mass is 255 g/mol. The highest BCUT2D eigenvalue weighted by atomic mass is 35.5. The normalized spacial score (nSPS) is 10.2. The van der Waals surface area contributed by atoms with Crippen LogP contribution >= 0.6 is 11.6 Å². The largest absolute Gasteiger partial charge is 0.396 e. The second-order valence-electron chi connectivity index (χ2n) is 3.87. The Morgan fingerprint density at radius 3 is 2.59 bits per heavy atom. The summed E-state index contributed by atoms with van der Waals surface area (Å²) in [6.45, 7) is 0.890. The Balaban J connectivity index is 2.24. The van der Waals surface area contributed by atoms with Gasteiger partial charge in [0.15, 0.2) is 0 Å². The first-order chi connectivity index (χ1) is 8.25. The first-order valence-electron chi connectivity index (χ1n) is 5.89. The number of hydrogen-bond donors (Lipinski definition) is 2. The number of aliphatic hydroxyl groups is 1. The van der Waals surface area contributed by atoms with E-state index in [-0.39, 0.29) is 12.5 Å². The first-order valence-corrected chi connectivity index (χ1v) is 6.27. The van der Waals surface area contributed by atoms with Crippen molar-refractivity contribution in [3.63, 3.8) is 0 Å². The number of amides is 1. The van der Waals surface area contributed by atoms with Gasteiger partial charge in [0.25, 0.3) is 5.91 Å². The average molecular weight is 256 g/mol. The van der Waals surface area contributed by atoms with Crippen molar-refractivity contribution in [3.8, 4) is 0 Å². The molecular weight excluding hydrogens is 238 g/mol. The van der Waals surface area contributed by atoms with Crippen LogP contribution in [-0.2, 0) is 0 Å². The number of hydrogen-bond acceptors (Lipinski definition) is 2. The smallest absolute Gasteiger partial charge is 0.252 e. The van der Waals surface area contributed by atoms with Gasteiger partial charge >= 0.3 is 0 Å². The fraction of sp³-hybridized carbons (Fsp3) is 0.462. The standard InChI is InChI=1S/C13H18ClNO2/c14-12-8-4-3-7-11(12)13(17)15-9-5-1-2-6-10-16/h3-4,7-8,16H,1-2,5-6,9-10H2,(H,15,17). The van der Waals surface area contributed by atoms with E-state index in [9.17, 15) is 4.79 Å². The number of halogens is 1. The summed E-state index contributed by atoms with van der Waals surface area (Å²) < 4.78 is 0. The molecule has 0 aliphatic carbocycles. The molecule has 4 heteroatoms. The molecule has 17 heavy (non-hydrogen) atoms. The molecule has 0 fully saturated rings. The third-order valence-corrected chi connectivity index (χ3v) is 2.82. The van der Waals surface area contributed by atoms with Gasteiger partial charge in [-0.1, -0.05) is 36.6 Å². The van der Waals surface area contributed by atoms with Crippen LogP contribution in [0.4, 0.5) is 0 Å². The van der Waals surface area contributed by atoms with Crippen LogP contribution in [0.15, 0.2) is 24.3 Å². The highest BCUT2D eigenvalue weighted by Crippen LogP contribution is 2.14. The van der Waals surface area contributed by atoms with E-state index in [1.54, 1.807) is 24.3 Å². The second kappa shape index (κ2) is 8.09. The molecule has 0 aliphatic heterocycles. The molecule has 0 aliphatic rings. The van der Waals surface area contributed by atoms with E-state index >= 15 is 0 Å². The topological polar surface area (TPSA) is 49.3 Å². The molecule has 0 heterocycles. The zero-order valence-electron chi connectivity index (χ0n) is 9.79. The lowest BCUT2D eigenvalue weighted by molar-refractivity contribution is 0.0953. The summed E-state index contributed by atoms with van der Waals surface area (Å²) in [5.74, 6) is -0.127. The van der Waals surface area contributed by atoms with Crippen LogP contribution in [0.3, 0.4) is 0 Å². The highest BCUT2D eigenvalue weighted by molar-refractivity contribution is 6.33. The zero-order valence-corrected chi connectivity index (χ0v) is 10.5. The Morgan fingerprint density at radius 2 is 1.88 bits per heavy atom. The predicted octanol–water partition coefficient (Wildman–Crippen LogP) is 2.62. The maximum absolute atomic E-state index is 11.7. The van der Waals surface area contributed by atoms with Crippen molar-refractivity contribution >= 4 is 17.5 Å². The molecule has 1 amide bonds. The minimum Gasteiger partial charge on any atom is -0.396 e. The van der Waals surface area contributed by atoms with Gasteiger partial charge in [0.2, 0.25) is 0 Å². The highest BCUT2D eigenvalue weighted by Gasteiger charge is 2.07. The van der Waals surface area contributed by atoms with Crippen LogP contribution in [0, 0.1) is 0 Å². The molecule has 0 aromatic heterocycles. The lowest BCUT2D eigenvalue weighted by Gasteiger charge is -2.06. The van der Waals surface area contributed by atoms with Crippen molar-refractivity contribution in [1.29, 1.82) is 0 Å². The minimum absolute atomic E-state index is 0.127. The van der Waals surface area contributed by atoms with Gasteiger partial charge in [0, 0.05) is 13.2 Å². The van der Waals surface area contributed by atoms with E-state index < -0.39 is 0 Å². The van der Waals surface area contributed by atoms with Gasteiger partial charge in [0.1, 0.15) is 0 Å². The van der Waals surface area contributed by atoms with Gasteiger partial charge in [-0.15, -0.1) is 0 Å². The number of rotatable bonds is 7. The zero-order chi connectivity index (χ0) is 12.5. The van der Waals surface area contributed by atoms with Crippen LogP contribution in [0.2, 0.25) is 5.02 Å². The van der Waals surface area contributed by atoms with Gasteiger partial charge in [-0.3, -0.25) is 4.79 Å². The Bertz CT molecular complexity index is 355. The number of unbranched alkanes of at least 4 members (excludes halogenated alkanes) is 3. The minimum atomic E-state index is -0.127. The SMILES string of the molecule is O=C(NCCCCCCO)c1ccccc1Cl. The molecule has 1 aromatic carbocycles. The fourth-order valence-electron chi connectivity index (χ4n) is 1.53. The number of aliphatic hydroxyl groups excluding tert-OH is 1. The van der Waals surface area contributed by atoms with Crippen LogP contribution < -0.4 is 5.32 Å². The molecule has 94 valence electrons. The van der Waals surface area contributed by atoms with Crippen molar-refractivity contribution < 1.29 is 9.90 Å². The second-order valence-corrected chi connectivity index (χ2v) is 4.28. The van der Waals surface area contributed by atoms with E-state index in [2.05, 4.69) is 5.32 Å². The first kappa shape index (κ1) is 14.0.